The monoisotopic (exact) mass is 188 g/mol. The molecule has 0 saturated carbocycles. The number of Topliss-reactive ketones (excluding diaryl/α,β-unsaturated/α-hetero) is 1. The van der Waals surface area contributed by atoms with Gasteiger partial charge in [-0.2, -0.15) is 0 Å². The van der Waals surface area contributed by atoms with Crippen molar-refractivity contribution in [3.8, 4) is 0 Å². The molecule has 1 aliphatic rings. The number of hydrogen-bond donors (Lipinski definition) is 0. The van der Waals surface area contributed by atoms with Gasteiger partial charge in [0.1, 0.15) is 5.78 Å². The Balaban J connectivity index is 1.90. The minimum atomic E-state index is 0.398. The summed E-state index contributed by atoms with van der Waals surface area (Å²) >= 11 is 0. The van der Waals surface area contributed by atoms with E-state index >= 15 is 0 Å². The molecule has 2 rings (SSSR count). The smallest absolute Gasteiger partial charge is 0.132 e. The van der Waals surface area contributed by atoms with Gasteiger partial charge in [-0.25, -0.2) is 0 Å². The van der Waals surface area contributed by atoms with Crippen LogP contribution in [0.25, 0.3) is 0 Å². The number of carbonyl (C=O) groups excluding carboxylic acids is 1. The number of ketones is 1. The fourth-order valence-electron chi connectivity index (χ4n) is 2.13. The van der Waals surface area contributed by atoms with E-state index in [0.717, 1.165) is 12.8 Å². The lowest BCUT2D eigenvalue weighted by molar-refractivity contribution is -0.118. The van der Waals surface area contributed by atoms with E-state index in [-0.39, 0.29) is 0 Å². The van der Waals surface area contributed by atoms with Crippen molar-refractivity contribution in [3.63, 3.8) is 0 Å². The first-order chi connectivity index (χ1) is 6.81. The maximum absolute atomic E-state index is 11.2. The highest BCUT2D eigenvalue weighted by molar-refractivity contribution is 5.78. The lowest BCUT2D eigenvalue weighted by atomic mass is 9.75. The Kier molecular flexibility index (Phi) is 2.67. The Bertz CT molecular complexity index is 341. The quantitative estimate of drug-likeness (QED) is 0.709. The topological polar surface area (TPSA) is 17.1 Å². The van der Waals surface area contributed by atoms with Gasteiger partial charge in [0, 0.05) is 12.8 Å². The van der Waals surface area contributed by atoms with Crippen molar-refractivity contribution in [2.45, 2.75) is 38.5 Å². The zero-order chi connectivity index (χ0) is 9.97. The molecule has 1 nitrogen and oxygen atoms in total. The van der Waals surface area contributed by atoms with Gasteiger partial charge in [-0.05, 0) is 29.9 Å². The van der Waals surface area contributed by atoms with Crippen LogP contribution in [0.3, 0.4) is 0 Å². The molecule has 0 amide bonds. The van der Waals surface area contributed by atoms with Gasteiger partial charge in [0.15, 0.2) is 0 Å². The second kappa shape index (κ2) is 3.95. The van der Waals surface area contributed by atoms with Gasteiger partial charge in [0.05, 0.1) is 0 Å². The zero-order valence-electron chi connectivity index (χ0n) is 8.62. The third kappa shape index (κ3) is 1.72. The van der Waals surface area contributed by atoms with E-state index < -0.39 is 0 Å². The molecule has 1 aromatic carbocycles. The first-order valence-corrected chi connectivity index (χ1v) is 5.40. The molecule has 0 saturated heterocycles. The molecule has 0 fully saturated rings. The molecule has 0 radical (unpaired) electrons. The molecule has 74 valence electrons. The normalized spacial score (nSPS) is 18.5. The first-order valence-electron chi connectivity index (χ1n) is 5.40. The maximum atomic E-state index is 11.2. The molecule has 0 aliphatic heterocycles. The molecule has 1 aromatic rings. The summed E-state index contributed by atoms with van der Waals surface area (Å²) in [7, 11) is 0. The molecule has 1 atom stereocenters. The van der Waals surface area contributed by atoms with Crippen molar-refractivity contribution in [3.05, 3.63) is 35.4 Å². The number of carbonyl (C=O) groups is 1. The van der Waals surface area contributed by atoms with Crippen LogP contribution in [0.2, 0.25) is 0 Å². The summed E-state index contributed by atoms with van der Waals surface area (Å²) in [6.45, 7) is 1.94. The number of rotatable bonds is 4. The van der Waals surface area contributed by atoms with Gasteiger partial charge >= 0.3 is 0 Å². The Morgan fingerprint density at radius 1 is 1.43 bits per heavy atom. The molecular formula is C13H16O. The second-order valence-electron chi connectivity index (χ2n) is 4.03. The van der Waals surface area contributed by atoms with Gasteiger partial charge in [0.2, 0.25) is 0 Å². The van der Waals surface area contributed by atoms with Crippen molar-refractivity contribution < 1.29 is 4.79 Å². The molecule has 1 aliphatic carbocycles. The highest BCUT2D eigenvalue weighted by Crippen LogP contribution is 2.37. The minimum absolute atomic E-state index is 0.398. The van der Waals surface area contributed by atoms with Crippen LogP contribution in [-0.2, 0) is 11.2 Å². The van der Waals surface area contributed by atoms with Crippen molar-refractivity contribution in [1.82, 2.24) is 0 Å². The second-order valence-corrected chi connectivity index (χ2v) is 4.03. The molecule has 1 heteroatoms. The Morgan fingerprint density at radius 2 is 2.21 bits per heavy atom. The van der Waals surface area contributed by atoms with Gasteiger partial charge in [-0.15, -0.1) is 0 Å². The fourth-order valence-corrected chi connectivity index (χ4v) is 2.13. The molecule has 0 N–H and O–H groups in total. The minimum Gasteiger partial charge on any atom is -0.300 e. The summed E-state index contributed by atoms with van der Waals surface area (Å²) in [5.41, 5.74) is 2.94. The van der Waals surface area contributed by atoms with Crippen LogP contribution in [0.15, 0.2) is 24.3 Å². The zero-order valence-corrected chi connectivity index (χ0v) is 8.62. The predicted molar refractivity (Wildman–Crippen MR) is 57.4 cm³/mol. The molecule has 1 unspecified atom stereocenters. The third-order valence-corrected chi connectivity index (χ3v) is 3.13. The van der Waals surface area contributed by atoms with E-state index in [1.165, 1.54) is 17.5 Å². The molecular weight excluding hydrogens is 172 g/mol. The van der Waals surface area contributed by atoms with Crippen LogP contribution < -0.4 is 0 Å². The summed E-state index contributed by atoms with van der Waals surface area (Å²) in [6.07, 6.45) is 3.67. The highest BCUT2D eigenvalue weighted by Gasteiger charge is 2.25. The van der Waals surface area contributed by atoms with Crippen LogP contribution in [0.4, 0.5) is 0 Å². The largest absolute Gasteiger partial charge is 0.300 e. The Hall–Kier alpha value is -1.11. The van der Waals surface area contributed by atoms with E-state index in [1.807, 2.05) is 6.92 Å². The number of hydrogen-bond acceptors (Lipinski definition) is 1. The average Bonchev–Trinajstić information content (AvgIpc) is 2.19. The van der Waals surface area contributed by atoms with Crippen molar-refractivity contribution in [2.24, 2.45) is 0 Å². The van der Waals surface area contributed by atoms with Gasteiger partial charge in [0.25, 0.3) is 0 Å². The van der Waals surface area contributed by atoms with Gasteiger partial charge in [-0.1, -0.05) is 31.2 Å². The van der Waals surface area contributed by atoms with Crippen LogP contribution in [0.1, 0.15) is 43.2 Å². The summed E-state index contributed by atoms with van der Waals surface area (Å²) in [5.74, 6) is 1.05. The standard InChI is InChI=1S/C13H16O/c1-2-12(14)8-7-11-9-10-5-3-4-6-13(10)11/h3-6,11H,2,7-9H2,1H3. The number of benzene rings is 1. The van der Waals surface area contributed by atoms with Crippen molar-refractivity contribution in [2.75, 3.05) is 0 Å². The van der Waals surface area contributed by atoms with E-state index in [4.69, 9.17) is 0 Å². The SMILES string of the molecule is CCC(=O)CCC1Cc2ccccc21. The predicted octanol–water partition coefficient (Wildman–Crippen LogP) is 3.09. The summed E-state index contributed by atoms with van der Waals surface area (Å²) in [4.78, 5) is 11.2. The van der Waals surface area contributed by atoms with Crippen LogP contribution in [0.5, 0.6) is 0 Å². The van der Waals surface area contributed by atoms with Crippen molar-refractivity contribution in [1.29, 1.82) is 0 Å². The lowest BCUT2D eigenvalue weighted by Gasteiger charge is -2.29. The van der Waals surface area contributed by atoms with Crippen molar-refractivity contribution >= 4 is 5.78 Å². The number of fused-ring (bicyclic) bond motifs is 1. The van der Waals surface area contributed by atoms with Crippen LogP contribution in [-0.4, -0.2) is 5.78 Å². The molecule has 0 spiro atoms. The fraction of sp³-hybridized carbons (Fsp3) is 0.462. The summed E-state index contributed by atoms with van der Waals surface area (Å²) < 4.78 is 0. The van der Waals surface area contributed by atoms with Crippen LogP contribution in [0, 0.1) is 0 Å². The van der Waals surface area contributed by atoms with E-state index in [9.17, 15) is 4.79 Å². The van der Waals surface area contributed by atoms with E-state index in [2.05, 4.69) is 24.3 Å². The Morgan fingerprint density at radius 3 is 2.93 bits per heavy atom. The summed E-state index contributed by atoms with van der Waals surface area (Å²) in [5, 5.41) is 0. The van der Waals surface area contributed by atoms with Crippen LogP contribution >= 0.6 is 0 Å². The average molecular weight is 188 g/mol. The third-order valence-electron chi connectivity index (χ3n) is 3.13. The van der Waals surface area contributed by atoms with E-state index in [0.29, 0.717) is 18.1 Å². The molecule has 0 heterocycles. The first kappa shape index (κ1) is 9.45. The van der Waals surface area contributed by atoms with Gasteiger partial charge < -0.3 is 0 Å². The lowest BCUT2D eigenvalue weighted by Crippen LogP contribution is -2.17. The highest BCUT2D eigenvalue weighted by atomic mass is 16.1. The summed E-state index contributed by atoms with van der Waals surface area (Å²) in [6, 6.07) is 8.56. The molecule has 14 heavy (non-hydrogen) atoms. The van der Waals surface area contributed by atoms with E-state index in [1.54, 1.807) is 0 Å². The molecule has 0 bridgehead atoms. The van der Waals surface area contributed by atoms with Gasteiger partial charge in [-0.3, -0.25) is 4.79 Å². The maximum Gasteiger partial charge on any atom is 0.132 e. The molecule has 0 aromatic heterocycles. The Labute approximate surface area is 85.1 Å².